The van der Waals surface area contributed by atoms with Crippen LogP contribution in [-0.4, -0.2) is 20.6 Å². The van der Waals surface area contributed by atoms with Crippen LogP contribution in [0.25, 0.3) is 0 Å². The fourth-order valence-corrected chi connectivity index (χ4v) is 1.48. The Balaban J connectivity index is 2.23. The van der Waals surface area contributed by atoms with E-state index in [-0.39, 0.29) is 17.7 Å². The number of carbonyl (C=O) groups is 1. The molecule has 5 nitrogen and oxygen atoms in total. The lowest BCUT2D eigenvalue weighted by Crippen LogP contribution is -2.26. The Morgan fingerprint density at radius 2 is 2.33 bits per heavy atom. The second-order valence-corrected chi connectivity index (χ2v) is 3.85. The topological polar surface area (TPSA) is 72.2 Å². The highest BCUT2D eigenvalue weighted by Crippen LogP contribution is 2.29. The van der Waals surface area contributed by atoms with Crippen LogP contribution in [0.2, 0.25) is 0 Å². The third-order valence-corrected chi connectivity index (χ3v) is 2.46. The first-order chi connectivity index (χ1) is 7.16. The highest BCUT2D eigenvalue weighted by atomic mass is 16.4. The maximum Gasteiger partial charge on any atom is 0.309 e. The van der Waals surface area contributed by atoms with Crippen LogP contribution in [0.15, 0.2) is 17.2 Å². The number of hydrogen-bond acceptors (Lipinski definition) is 3. The van der Waals surface area contributed by atoms with Crippen LogP contribution in [0.5, 0.6) is 0 Å². The van der Waals surface area contributed by atoms with E-state index >= 15 is 0 Å². The van der Waals surface area contributed by atoms with Crippen molar-refractivity contribution in [2.75, 3.05) is 0 Å². The SMILES string of the molecule is O=C(O)Cc1nccn(CC2CC2)c1=O. The average molecular weight is 208 g/mol. The zero-order valence-corrected chi connectivity index (χ0v) is 8.22. The Bertz CT molecular complexity index is 435. The van der Waals surface area contributed by atoms with E-state index in [0.717, 1.165) is 12.8 Å². The first-order valence-electron chi connectivity index (χ1n) is 4.93. The first kappa shape index (κ1) is 9.89. The van der Waals surface area contributed by atoms with Gasteiger partial charge >= 0.3 is 5.97 Å². The highest BCUT2D eigenvalue weighted by Gasteiger charge is 2.22. The van der Waals surface area contributed by atoms with Crippen LogP contribution in [0.4, 0.5) is 0 Å². The standard InChI is InChI=1S/C10H12N2O3/c13-9(14)5-8-10(15)12(4-3-11-8)6-7-1-2-7/h3-4,7H,1-2,5-6H2,(H,13,14). The van der Waals surface area contributed by atoms with Gasteiger partial charge in [-0.25, -0.2) is 0 Å². The molecule has 0 radical (unpaired) electrons. The third kappa shape index (κ3) is 2.43. The Hall–Kier alpha value is -1.65. The normalized spacial score (nSPS) is 15.2. The van der Waals surface area contributed by atoms with Gasteiger partial charge in [0.25, 0.3) is 5.56 Å². The molecular weight excluding hydrogens is 196 g/mol. The number of nitrogens with zero attached hydrogens (tertiary/aromatic N) is 2. The van der Waals surface area contributed by atoms with Crippen molar-refractivity contribution in [1.82, 2.24) is 9.55 Å². The number of hydrogen-bond donors (Lipinski definition) is 1. The molecule has 0 spiro atoms. The monoisotopic (exact) mass is 208 g/mol. The van der Waals surface area contributed by atoms with Crippen molar-refractivity contribution < 1.29 is 9.90 Å². The quantitative estimate of drug-likeness (QED) is 0.771. The molecule has 0 aromatic carbocycles. The van der Waals surface area contributed by atoms with Crippen molar-refractivity contribution in [3.05, 3.63) is 28.4 Å². The van der Waals surface area contributed by atoms with E-state index in [0.29, 0.717) is 12.5 Å². The molecular formula is C10H12N2O3. The van der Waals surface area contributed by atoms with Crippen LogP contribution in [-0.2, 0) is 17.8 Å². The van der Waals surface area contributed by atoms with E-state index in [1.54, 1.807) is 10.8 Å². The maximum absolute atomic E-state index is 11.7. The summed E-state index contributed by atoms with van der Waals surface area (Å²) < 4.78 is 1.56. The molecule has 0 atom stereocenters. The molecule has 1 aromatic heterocycles. The van der Waals surface area contributed by atoms with Crippen LogP contribution < -0.4 is 5.56 Å². The zero-order chi connectivity index (χ0) is 10.8. The summed E-state index contributed by atoms with van der Waals surface area (Å²) >= 11 is 0. The van der Waals surface area contributed by atoms with Crippen LogP contribution in [0.3, 0.4) is 0 Å². The first-order valence-corrected chi connectivity index (χ1v) is 4.93. The largest absolute Gasteiger partial charge is 0.481 e. The number of carboxylic acid groups (broad SMARTS) is 1. The summed E-state index contributed by atoms with van der Waals surface area (Å²) in [6.45, 7) is 0.688. The van der Waals surface area contributed by atoms with Crippen LogP contribution in [0, 0.1) is 5.92 Å². The molecule has 1 aliphatic carbocycles. The van der Waals surface area contributed by atoms with Gasteiger partial charge in [-0.05, 0) is 18.8 Å². The minimum Gasteiger partial charge on any atom is -0.481 e. The number of aromatic nitrogens is 2. The van der Waals surface area contributed by atoms with Gasteiger partial charge in [0.2, 0.25) is 0 Å². The zero-order valence-electron chi connectivity index (χ0n) is 8.22. The molecule has 1 N–H and O–H groups in total. The van der Waals surface area contributed by atoms with Crippen molar-refractivity contribution in [2.45, 2.75) is 25.8 Å². The van der Waals surface area contributed by atoms with Gasteiger partial charge in [0.15, 0.2) is 0 Å². The van der Waals surface area contributed by atoms with E-state index < -0.39 is 5.97 Å². The second kappa shape index (κ2) is 3.84. The fraction of sp³-hybridized carbons (Fsp3) is 0.500. The highest BCUT2D eigenvalue weighted by molar-refractivity contribution is 5.69. The molecule has 1 fully saturated rings. The van der Waals surface area contributed by atoms with Crippen LogP contribution >= 0.6 is 0 Å². The summed E-state index contributed by atoms with van der Waals surface area (Å²) in [5.41, 5.74) is -0.155. The molecule has 1 aromatic rings. The third-order valence-electron chi connectivity index (χ3n) is 2.46. The van der Waals surface area contributed by atoms with Gasteiger partial charge in [0.05, 0.1) is 6.42 Å². The van der Waals surface area contributed by atoms with Crippen molar-refractivity contribution >= 4 is 5.97 Å². The Morgan fingerprint density at radius 1 is 1.60 bits per heavy atom. The molecule has 80 valence electrons. The molecule has 2 rings (SSSR count). The molecule has 0 unspecified atom stereocenters. The number of rotatable bonds is 4. The summed E-state index contributed by atoms with van der Waals surface area (Å²) in [5, 5.41) is 8.59. The van der Waals surface area contributed by atoms with Gasteiger partial charge < -0.3 is 9.67 Å². The predicted molar refractivity (Wildman–Crippen MR) is 52.6 cm³/mol. The molecule has 0 amide bonds. The van der Waals surface area contributed by atoms with Gasteiger partial charge in [-0.2, -0.15) is 0 Å². The Kier molecular flexibility index (Phi) is 2.53. The summed E-state index contributed by atoms with van der Waals surface area (Å²) in [7, 11) is 0. The molecule has 5 heteroatoms. The Labute approximate surface area is 86.4 Å². The van der Waals surface area contributed by atoms with E-state index in [4.69, 9.17) is 5.11 Å². The maximum atomic E-state index is 11.7. The van der Waals surface area contributed by atoms with E-state index in [9.17, 15) is 9.59 Å². The summed E-state index contributed by atoms with van der Waals surface area (Å²) in [4.78, 5) is 26.0. The lowest BCUT2D eigenvalue weighted by Gasteiger charge is -2.04. The second-order valence-electron chi connectivity index (χ2n) is 3.85. The average Bonchev–Trinajstić information content (AvgIpc) is 2.95. The van der Waals surface area contributed by atoms with Gasteiger partial charge in [-0.3, -0.25) is 14.6 Å². The summed E-state index contributed by atoms with van der Waals surface area (Å²) in [6, 6.07) is 0. The smallest absolute Gasteiger partial charge is 0.309 e. The lowest BCUT2D eigenvalue weighted by molar-refractivity contribution is -0.136. The number of carboxylic acids is 1. The minimum atomic E-state index is -1.02. The fourth-order valence-electron chi connectivity index (χ4n) is 1.48. The number of aliphatic carboxylic acids is 1. The van der Waals surface area contributed by atoms with Crippen molar-refractivity contribution in [2.24, 2.45) is 5.92 Å². The van der Waals surface area contributed by atoms with Gasteiger partial charge in [-0.1, -0.05) is 0 Å². The van der Waals surface area contributed by atoms with E-state index in [1.807, 2.05) is 0 Å². The minimum absolute atomic E-state index is 0.116. The van der Waals surface area contributed by atoms with Gasteiger partial charge in [0, 0.05) is 18.9 Å². The van der Waals surface area contributed by atoms with Gasteiger partial charge in [0.1, 0.15) is 5.69 Å². The van der Waals surface area contributed by atoms with Crippen LogP contribution in [0.1, 0.15) is 18.5 Å². The lowest BCUT2D eigenvalue weighted by atomic mass is 10.3. The molecule has 0 aliphatic heterocycles. The molecule has 1 aliphatic rings. The summed E-state index contributed by atoms with van der Waals surface area (Å²) in [6.07, 6.45) is 5.12. The molecule has 1 saturated carbocycles. The van der Waals surface area contributed by atoms with Crippen molar-refractivity contribution in [1.29, 1.82) is 0 Å². The molecule has 0 saturated heterocycles. The van der Waals surface area contributed by atoms with E-state index in [1.165, 1.54) is 6.20 Å². The Morgan fingerprint density at radius 3 is 2.93 bits per heavy atom. The summed E-state index contributed by atoms with van der Waals surface area (Å²) in [5.74, 6) is -0.438. The molecule has 0 bridgehead atoms. The van der Waals surface area contributed by atoms with Gasteiger partial charge in [-0.15, -0.1) is 0 Å². The predicted octanol–water partition coefficient (Wildman–Crippen LogP) is 0.280. The van der Waals surface area contributed by atoms with E-state index in [2.05, 4.69) is 4.98 Å². The molecule has 1 heterocycles. The van der Waals surface area contributed by atoms with Crippen molar-refractivity contribution in [3.63, 3.8) is 0 Å². The molecule has 15 heavy (non-hydrogen) atoms. The van der Waals surface area contributed by atoms with Crippen molar-refractivity contribution in [3.8, 4) is 0 Å².